The maximum atomic E-state index is 12.8. The molecule has 0 heterocycles. The van der Waals surface area contributed by atoms with Crippen molar-refractivity contribution in [2.75, 3.05) is 0 Å². The van der Waals surface area contributed by atoms with Crippen molar-refractivity contribution < 1.29 is 26.3 Å². The van der Waals surface area contributed by atoms with Crippen molar-refractivity contribution in [1.82, 2.24) is 5.32 Å². The van der Waals surface area contributed by atoms with E-state index in [4.69, 9.17) is 0 Å². The van der Waals surface area contributed by atoms with Crippen LogP contribution >= 0.6 is 0 Å². The van der Waals surface area contributed by atoms with E-state index in [1.54, 1.807) is 0 Å². The fourth-order valence-electron chi connectivity index (χ4n) is 2.23. The van der Waals surface area contributed by atoms with E-state index in [2.05, 4.69) is 5.32 Å². The van der Waals surface area contributed by atoms with Crippen LogP contribution < -0.4 is 5.32 Å². The highest BCUT2D eigenvalue weighted by atomic mass is 19.4. The van der Waals surface area contributed by atoms with Gasteiger partial charge in [-0.05, 0) is 23.3 Å². The summed E-state index contributed by atoms with van der Waals surface area (Å²) in [5, 5.41) is 2.64. The minimum Gasteiger partial charge on any atom is -0.309 e. The van der Waals surface area contributed by atoms with Crippen LogP contribution in [0, 0.1) is 0 Å². The molecule has 124 valence electrons. The Morgan fingerprint density at radius 2 is 0.957 bits per heavy atom. The van der Waals surface area contributed by atoms with Crippen LogP contribution in [0.4, 0.5) is 26.3 Å². The molecule has 1 nitrogen and oxygen atoms in total. The average Bonchev–Trinajstić information content (AvgIpc) is 2.46. The molecule has 0 unspecified atom stereocenters. The molecule has 2 rings (SSSR count). The molecular weight excluding hydrogens is 320 g/mol. The molecule has 0 aliphatic carbocycles. The Hall–Kier alpha value is -2.02. The van der Waals surface area contributed by atoms with Crippen LogP contribution in [-0.2, 0) is 25.4 Å². The van der Waals surface area contributed by atoms with E-state index >= 15 is 0 Å². The summed E-state index contributed by atoms with van der Waals surface area (Å²) in [5.41, 5.74) is -1.61. The molecule has 0 saturated carbocycles. The quantitative estimate of drug-likeness (QED) is 0.775. The molecule has 2 aromatic carbocycles. The molecule has 0 radical (unpaired) electrons. The fourth-order valence-corrected chi connectivity index (χ4v) is 2.23. The molecule has 0 fully saturated rings. The van der Waals surface area contributed by atoms with E-state index in [0.29, 0.717) is 0 Å². The van der Waals surface area contributed by atoms with E-state index in [0.717, 1.165) is 12.1 Å². The molecule has 0 spiro atoms. The van der Waals surface area contributed by atoms with Crippen molar-refractivity contribution in [2.45, 2.75) is 25.4 Å². The van der Waals surface area contributed by atoms with Crippen LogP contribution in [0.2, 0.25) is 0 Å². The third-order valence-corrected chi connectivity index (χ3v) is 3.28. The summed E-state index contributed by atoms with van der Waals surface area (Å²) < 4.78 is 77.1. The van der Waals surface area contributed by atoms with Gasteiger partial charge in [-0.1, -0.05) is 36.4 Å². The third-order valence-electron chi connectivity index (χ3n) is 3.28. The summed E-state index contributed by atoms with van der Waals surface area (Å²) in [6.45, 7) is -0.357. The van der Waals surface area contributed by atoms with Gasteiger partial charge >= 0.3 is 12.4 Å². The van der Waals surface area contributed by atoms with Gasteiger partial charge in [0.15, 0.2) is 0 Å². The van der Waals surface area contributed by atoms with Crippen molar-refractivity contribution in [2.24, 2.45) is 0 Å². The van der Waals surface area contributed by atoms with Crippen LogP contribution in [0.3, 0.4) is 0 Å². The van der Waals surface area contributed by atoms with E-state index in [1.807, 2.05) is 0 Å². The SMILES string of the molecule is FC(F)(F)c1ccccc1CNCc1ccccc1C(F)(F)F. The number of rotatable bonds is 4. The Morgan fingerprint density at radius 3 is 1.30 bits per heavy atom. The zero-order valence-corrected chi connectivity index (χ0v) is 11.8. The van der Waals surface area contributed by atoms with Gasteiger partial charge in [0.2, 0.25) is 0 Å². The molecule has 2 aromatic rings. The molecule has 7 heteroatoms. The standard InChI is InChI=1S/C16H13F6N/c17-15(18,19)13-7-3-1-5-11(13)9-23-10-12-6-2-4-8-14(12)16(20,21)22/h1-8,23H,9-10H2. The van der Waals surface area contributed by atoms with Gasteiger partial charge in [-0.2, -0.15) is 26.3 Å². The van der Waals surface area contributed by atoms with Crippen LogP contribution in [0.25, 0.3) is 0 Å². The highest BCUT2D eigenvalue weighted by molar-refractivity contribution is 5.31. The Balaban J connectivity index is 2.11. The monoisotopic (exact) mass is 333 g/mol. The van der Waals surface area contributed by atoms with Crippen molar-refractivity contribution in [1.29, 1.82) is 0 Å². The zero-order chi connectivity index (χ0) is 17.1. The maximum Gasteiger partial charge on any atom is 0.416 e. The number of benzene rings is 2. The van der Waals surface area contributed by atoms with Gasteiger partial charge in [0.25, 0.3) is 0 Å². The summed E-state index contributed by atoms with van der Waals surface area (Å²) in [6.07, 6.45) is -9.00. The lowest BCUT2D eigenvalue weighted by Crippen LogP contribution is -2.19. The average molecular weight is 333 g/mol. The predicted octanol–water partition coefficient (Wildman–Crippen LogP) is 5.01. The second kappa shape index (κ2) is 6.62. The van der Waals surface area contributed by atoms with Crippen LogP contribution in [0.15, 0.2) is 48.5 Å². The first kappa shape index (κ1) is 17.3. The zero-order valence-electron chi connectivity index (χ0n) is 11.8. The number of halogens is 6. The highest BCUT2D eigenvalue weighted by Gasteiger charge is 2.33. The minimum atomic E-state index is -4.50. The molecule has 23 heavy (non-hydrogen) atoms. The lowest BCUT2D eigenvalue weighted by molar-refractivity contribution is -0.138. The smallest absolute Gasteiger partial charge is 0.309 e. The molecule has 0 aliphatic rings. The topological polar surface area (TPSA) is 12.0 Å². The second-order valence-corrected chi connectivity index (χ2v) is 4.91. The number of hydrogen-bond donors (Lipinski definition) is 1. The van der Waals surface area contributed by atoms with Gasteiger partial charge in [0.05, 0.1) is 11.1 Å². The third kappa shape index (κ3) is 4.48. The molecule has 0 atom stereocenters. The van der Waals surface area contributed by atoms with Crippen molar-refractivity contribution in [3.05, 3.63) is 70.8 Å². The lowest BCUT2D eigenvalue weighted by atomic mass is 10.1. The Morgan fingerprint density at radius 1 is 0.609 bits per heavy atom. The Labute approximate surface area is 128 Å². The first-order valence-electron chi connectivity index (χ1n) is 6.70. The van der Waals surface area contributed by atoms with Gasteiger partial charge in [-0.3, -0.25) is 0 Å². The van der Waals surface area contributed by atoms with E-state index in [1.165, 1.54) is 36.4 Å². The maximum absolute atomic E-state index is 12.8. The van der Waals surface area contributed by atoms with E-state index in [9.17, 15) is 26.3 Å². The largest absolute Gasteiger partial charge is 0.416 e. The number of hydrogen-bond acceptors (Lipinski definition) is 1. The number of alkyl halides is 6. The summed E-state index contributed by atoms with van der Waals surface area (Å²) in [6, 6.07) is 9.93. The lowest BCUT2D eigenvalue weighted by Gasteiger charge is -2.15. The van der Waals surface area contributed by atoms with Gasteiger partial charge in [0.1, 0.15) is 0 Å². The molecule has 0 saturated heterocycles. The summed E-state index contributed by atoms with van der Waals surface area (Å²) in [4.78, 5) is 0. The summed E-state index contributed by atoms with van der Waals surface area (Å²) >= 11 is 0. The molecule has 0 bridgehead atoms. The van der Waals surface area contributed by atoms with Crippen LogP contribution in [0.5, 0.6) is 0 Å². The predicted molar refractivity (Wildman–Crippen MR) is 73.4 cm³/mol. The second-order valence-electron chi connectivity index (χ2n) is 4.91. The molecule has 1 N–H and O–H groups in total. The van der Waals surface area contributed by atoms with Gasteiger partial charge in [-0.15, -0.1) is 0 Å². The van der Waals surface area contributed by atoms with Crippen LogP contribution in [0.1, 0.15) is 22.3 Å². The Kier molecular flexibility index (Phi) is 4.99. The van der Waals surface area contributed by atoms with Crippen LogP contribution in [-0.4, -0.2) is 0 Å². The Bertz CT molecular complexity index is 603. The minimum absolute atomic E-state index is 0.00973. The molecule has 0 aliphatic heterocycles. The highest BCUT2D eigenvalue weighted by Crippen LogP contribution is 2.33. The van der Waals surface area contributed by atoms with Gasteiger partial charge < -0.3 is 5.32 Å². The summed E-state index contributed by atoms with van der Waals surface area (Å²) in [5.74, 6) is 0. The number of nitrogens with one attached hydrogen (secondary N) is 1. The summed E-state index contributed by atoms with van der Waals surface area (Å²) in [7, 11) is 0. The molecule has 0 amide bonds. The van der Waals surface area contributed by atoms with Crippen molar-refractivity contribution in [3.63, 3.8) is 0 Å². The van der Waals surface area contributed by atoms with Crippen molar-refractivity contribution >= 4 is 0 Å². The van der Waals surface area contributed by atoms with Gasteiger partial charge in [0, 0.05) is 13.1 Å². The van der Waals surface area contributed by atoms with E-state index < -0.39 is 23.5 Å². The molecular formula is C16H13F6N. The fraction of sp³-hybridized carbons (Fsp3) is 0.250. The van der Waals surface area contributed by atoms with Crippen molar-refractivity contribution in [3.8, 4) is 0 Å². The first-order chi connectivity index (χ1) is 10.7. The van der Waals surface area contributed by atoms with E-state index in [-0.39, 0.29) is 24.2 Å². The van der Waals surface area contributed by atoms with Gasteiger partial charge in [-0.25, -0.2) is 0 Å². The molecule has 0 aromatic heterocycles. The normalized spacial score (nSPS) is 12.4. The first-order valence-corrected chi connectivity index (χ1v) is 6.70.